The van der Waals surface area contributed by atoms with Gasteiger partial charge in [0.2, 0.25) is 18.1 Å². The molecule has 0 bridgehead atoms. The third kappa shape index (κ3) is 3.32. The summed E-state index contributed by atoms with van der Waals surface area (Å²) in [5, 5.41) is -0.473. The van der Waals surface area contributed by atoms with Crippen LogP contribution in [0.3, 0.4) is 0 Å². The number of amides is 2. The average molecular weight is 229 g/mol. The van der Waals surface area contributed by atoms with Gasteiger partial charge < -0.3 is 5.73 Å². The highest BCUT2D eigenvalue weighted by molar-refractivity contribution is 8.00. The van der Waals surface area contributed by atoms with Crippen molar-refractivity contribution < 1.29 is 14.4 Å². The van der Waals surface area contributed by atoms with Gasteiger partial charge in [-0.05, 0) is 0 Å². The first-order valence-corrected chi connectivity index (χ1v) is 5.76. The number of hydrogen-bond acceptors (Lipinski definition) is 5. The van der Waals surface area contributed by atoms with Crippen molar-refractivity contribution in [2.24, 2.45) is 5.73 Å². The van der Waals surface area contributed by atoms with Gasteiger partial charge in [0.15, 0.2) is 0 Å². The molecule has 6 heteroatoms. The number of nitrogens with two attached hydrogens (primary N) is 1. The second-order valence-corrected chi connectivity index (χ2v) is 4.47. The lowest BCUT2D eigenvalue weighted by atomic mass is 10.4. The highest BCUT2D eigenvalue weighted by Gasteiger charge is 2.30. The fourth-order valence-corrected chi connectivity index (χ4v) is 2.07. The smallest absolute Gasteiger partial charge is 0.229 e. The molecule has 1 atom stereocenters. The van der Waals surface area contributed by atoms with E-state index in [1.165, 1.54) is 11.8 Å². The molecule has 2 amide bonds. The zero-order valence-corrected chi connectivity index (χ0v) is 9.09. The average Bonchev–Trinajstić information content (AvgIpc) is 2.55. The normalized spacial score (nSPS) is 18.3. The molecular weight excluding hydrogens is 216 g/mol. The Bertz CT molecular complexity index is 254. The summed E-state index contributed by atoms with van der Waals surface area (Å²) in [6.45, 7) is 0.594. The van der Waals surface area contributed by atoms with Gasteiger partial charge in [-0.25, -0.2) is 0 Å². The van der Waals surface area contributed by atoms with Crippen molar-refractivity contribution in [2.75, 3.05) is 18.8 Å². The van der Waals surface area contributed by atoms with Crippen LogP contribution in [0.1, 0.15) is 12.8 Å². The minimum Gasteiger partial charge on any atom is -0.330 e. The van der Waals surface area contributed by atoms with Crippen molar-refractivity contribution in [1.29, 1.82) is 0 Å². The number of nitrogens with zero attached hydrogens (tertiary/aromatic N) is 1. The molecule has 1 aliphatic heterocycles. The van der Waals surface area contributed by atoms with Crippen LogP contribution < -0.4 is 5.73 Å². The van der Waals surface area contributed by atoms with E-state index in [9.17, 15) is 14.4 Å². The Morgan fingerprint density at radius 2 is 2.00 bits per heavy atom. The van der Waals surface area contributed by atoms with E-state index in [4.69, 9.17) is 5.73 Å². The van der Waals surface area contributed by atoms with Crippen molar-refractivity contribution in [2.45, 2.75) is 18.1 Å². The van der Waals surface area contributed by atoms with E-state index >= 15 is 0 Å². The molecule has 1 unspecified atom stereocenters. The van der Waals surface area contributed by atoms with Crippen LogP contribution in [0.25, 0.3) is 0 Å². The number of rotatable bonds is 6. The Labute approximate surface area is 92.4 Å². The Morgan fingerprint density at radius 1 is 1.40 bits per heavy atom. The quantitative estimate of drug-likeness (QED) is 0.609. The SMILES string of the molecule is NCCSC([C]=O)CN1C(=O)CCC1=O. The van der Waals surface area contributed by atoms with Crippen molar-refractivity contribution >= 4 is 29.9 Å². The Balaban J connectivity index is 2.46. The maximum Gasteiger partial charge on any atom is 0.229 e. The van der Waals surface area contributed by atoms with Crippen LogP contribution >= 0.6 is 11.8 Å². The van der Waals surface area contributed by atoms with Gasteiger partial charge in [-0.1, -0.05) is 0 Å². The second kappa shape index (κ2) is 5.87. The summed E-state index contributed by atoms with van der Waals surface area (Å²) in [6.07, 6.45) is 2.33. The minimum atomic E-state index is -0.473. The molecule has 0 aliphatic carbocycles. The minimum absolute atomic E-state index is 0.131. The molecule has 1 rings (SSSR count). The van der Waals surface area contributed by atoms with Crippen molar-refractivity contribution in [3.8, 4) is 0 Å². The fourth-order valence-electron chi connectivity index (χ4n) is 1.33. The van der Waals surface area contributed by atoms with Crippen molar-refractivity contribution in [1.82, 2.24) is 4.90 Å². The Kier molecular flexibility index (Phi) is 4.77. The highest BCUT2D eigenvalue weighted by Crippen LogP contribution is 2.16. The molecular formula is C9H13N2O3S. The van der Waals surface area contributed by atoms with E-state index in [2.05, 4.69) is 0 Å². The topological polar surface area (TPSA) is 80.5 Å². The summed E-state index contributed by atoms with van der Waals surface area (Å²) >= 11 is 1.32. The summed E-state index contributed by atoms with van der Waals surface area (Å²) in [7, 11) is 0. The maximum atomic E-state index is 11.3. The van der Waals surface area contributed by atoms with Gasteiger partial charge in [-0.2, -0.15) is 0 Å². The number of imide groups is 1. The molecule has 1 radical (unpaired) electrons. The number of hydrogen-bond donors (Lipinski definition) is 1. The summed E-state index contributed by atoms with van der Waals surface area (Å²) in [6, 6.07) is 0. The van der Waals surface area contributed by atoms with E-state index in [0.717, 1.165) is 4.90 Å². The first-order valence-electron chi connectivity index (χ1n) is 4.71. The molecule has 0 saturated carbocycles. The van der Waals surface area contributed by atoms with Gasteiger partial charge in [0.1, 0.15) is 0 Å². The first kappa shape index (κ1) is 12.2. The van der Waals surface area contributed by atoms with Crippen molar-refractivity contribution in [3.63, 3.8) is 0 Å². The first-order chi connectivity index (χ1) is 7.19. The molecule has 2 N–H and O–H groups in total. The zero-order valence-electron chi connectivity index (χ0n) is 8.27. The summed E-state index contributed by atoms with van der Waals surface area (Å²) in [5.74, 6) is 0.220. The molecule has 0 aromatic carbocycles. The molecule has 1 fully saturated rings. The third-order valence-electron chi connectivity index (χ3n) is 2.07. The van der Waals surface area contributed by atoms with Crippen LogP contribution in [0.4, 0.5) is 0 Å². The molecule has 0 aromatic rings. The number of thioether (sulfide) groups is 1. The van der Waals surface area contributed by atoms with Crippen LogP contribution in [0.5, 0.6) is 0 Å². The molecule has 1 aliphatic rings. The molecule has 1 saturated heterocycles. The van der Waals surface area contributed by atoms with Gasteiger partial charge >= 0.3 is 0 Å². The number of carbonyl (C=O) groups excluding carboxylic acids is 3. The van der Waals surface area contributed by atoms with E-state index in [-0.39, 0.29) is 31.2 Å². The molecule has 83 valence electrons. The standard InChI is InChI=1S/C9H13N2O3S/c10-3-4-15-7(6-12)5-11-8(13)1-2-9(11)14/h7H,1-5,10H2. The second-order valence-electron chi connectivity index (χ2n) is 3.16. The van der Waals surface area contributed by atoms with E-state index in [1.807, 2.05) is 6.29 Å². The lowest BCUT2D eigenvalue weighted by molar-refractivity contribution is -0.138. The molecule has 0 aromatic heterocycles. The van der Waals surface area contributed by atoms with Crippen LogP contribution in [0.15, 0.2) is 0 Å². The number of carbonyl (C=O) groups is 2. The molecule has 15 heavy (non-hydrogen) atoms. The van der Waals surface area contributed by atoms with E-state index in [1.54, 1.807) is 0 Å². The van der Waals surface area contributed by atoms with Gasteiger partial charge in [-0.15, -0.1) is 11.8 Å². The summed E-state index contributed by atoms with van der Waals surface area (Å²) < 4.78 is 0. The Hall–Kier alpha value is -0.880. The fraction of sp³-hybridized carbons (Fsp3) is 0.667. The summed E-state index contributed by atoms with van der Waals surface area (Å²) in [4.78, 5) is 34.2. The predicted octanol–water partition coefficient (Wildman–Crippen LogP) is -0.694. The molecule has 5 nitrogen and oxygen atoms in total. The van der Waals surface area contributed by atoms with Gasteiger partial charge in [0.25, 0.3) is 0 Å². The predicted molar refractivity (Wildman–Crippen MR) is 56.9 cm³/mol. The van der Waals surface area contributed by atoms with Crippen LogP contribution in [-0.2, 0) is 14.4 Å². The lowest BCUT2D eigenvalue weighted by Gasteiger charge is -2.17. The number of likely N-dealkylation sites (tertiary alicyclic amines) is 1. The van der Waals surface area contributed by atoms with Gasteiger partial charge in [0, 0.05) is 31.7 Å². The Morgan fingerprint density at radius 3 is 2.47 bits per heavy atom. The summed E-state index contributed by atoms with van der Waals surface area (Å²) in [5.41, 5.74) is 5.30. The van der Waals surface area contributed by atoms with E-state index < -0.39 is 5.25 Å². The largest absolute Gasteiger partial charge is 0.330 e. The maximum absolute atomic E-state index is 11.3. The molecule has 1 heterocycles. The van der Waals surface area contributed by atoms with Crippen molar-refractivity contribution in [3.05, 3.63) is 0 Å². The monoisotopic (exact) mass is 229 g/mol. The van der Waals surface area contributed by atoms with Gasteiger partial charge in [-0.3, -0.25) is 19.3 Å². The molecule has 0 spiro atoms. The van der Waals surface area contributed by atoms with E-state index in [0.29, 0.717) is 12.3 Å². The highest BCUT2D eigenvalue weighted by atomic mass is 32.2. The van der Waals surface area contributed by atoms with Crippen LogP contribution in [-0.4, -0.2) is 47.1 Å². The van der Waals surface area contributed by atoms with Crippen LogP contribution in [0, 0.1) is 0 Å². The zero-order chi connectivity index (χ0) is 11.3. The lowest BCUT2D eigenvalue weighted by Crippen LogP contribution is -2.36. The third-order valence-corrected chi connectivity index (χ3v) is 3.19. The van der Waals surface area contributed by atoms with Gasteiger partial charge in [0.05, 0.1) is 5.25 Å². The van der Waals surface area contributed by atoms with Crippen LogP contribution in [0.2, 0.25) is 0 Å².